The summed E-state index contributed by atoms with van der Waals surface area (Å²) in [6.07, 6.45) is 0. The maximum atomic E-state index is 13.4. The van der Waals surface area contributed by atoms with Gasteiger partial charge in [-0.3, -0.25) is 9.59 Å². The molecule has 4 rings (SSSR count). The molecule has 0 spiro atoms. The molecule has 4 aromatic rings. The third-order valence-corrected chi connectivity index (χ3v) is 5.71. The number of nitrogens with one attached hydrogen (secondary N) is 1. The number of aromatic nitrogens is 1. The number of thiophene rings is 1. The molecule has 0 unspecified atom stereocenters. The molecule has 1 N–H and O–H groups in total. The number of pyridine rings is 1. The Balaban J connectivity index is 1.99. The molecule has 0 aliphatic rings. The summed E-state index contributed by atoms with van der Waals surface area (Å²) in [5, 5.41) is 5.47. The lowest BCUT2D eigenvalue weighted by Gasteiger charge is -2.20. The molecule has 146 valence electrons. The zero-order valence-electron chi connectivity index (χ0n) is 16.1. The van der Waals surface area contributed by atoms with Crippen LogP contribution < -0.4 is 15.5 Å². The predicted molar refractivity (Wildman–Crippen MR) is 118 cm³/mol. The second-order valence-corrected chi connectivity index (χ2v) is 7.42. The van der Waals surface area contributed by atoms with Gasteiger partial charge in [0, 0.05) is 11.9 Å². The summed E-state index contributed by atoms with van der Waals surface area (Å²) < 4.78 is 7.22. The number of ether oxygens (including phenoxy) is 1. The van der Waals surface area contributed by atoms with Crippen LogP contribution in [0, 0.1) is 0 Å². The van der Waals surface area contributed by atoms with Gasteiger partial charge in [-0.15, -0.1) is 11.3 Å². The van der Waals surface area contributed by atoms with Crippen LogP contribution in [-0.2, 0) is 6.54 Å². The summed E-state index contributed by atoms with van der Waals surface area (Å²) in [4.78, 5) is 26.9. The summed E-state index contributed by atoms with van der Waals surface area (Å²) >= 11 is 1.36. The van der Waals surface area contributed by atoms with Gasteiger partial charge in [0.15, 0.2) is 5.43 Å². The van der Waals surface area contributed by atoms with Crippen LogP contribution >= 0.6 is 11.3 Å². The third-order valence-electron chi connectivity index (χ3n) is 4.85. The number of methoxy groups -OCH3 is 1. The molecule has 0 atom stereocenters. The Morgan fingerprint density at radius 3 is 2.48 bits per heavy atom. The molecule has 2 aromatic carbocycles. The quantitative estimate of drug-likeness (QED) is 0.509. The molecule has 5 nitrogen and oxygen atoms in total. The molecule has 0 aliphatic carbocycles. The third kappa shape index (κ3) is 3.43. The van der Waals surface area contributed by atoms with Crippen LogP contribution in [0.2, 0.25) is 0 Å². The molecule has 0 radical (unpaired) electrons. The van der Waals surface area contributed by atoms with Crippen molar-refractivity contribution in [3.05, 3.63) is 81.1 Å². The van der Waals surface area contributed by atoms with Gasteiger partial charge in [0.05, 0.1) is 23.1 Å². The number of nitrogens with zero attached hydrogens (tertiary/aromatic N) is 1. The summed E-state index contributed by atoms with van der Waals surface area (Å²) in [6, 6.07) is 18.4. The molecule has 6 heteroatoms. The summed E-state index contributed by atoms with van der Waals surface area (Å²) in [7, 11) is 1.60. The van der Waals surface area contributed by atoms with Gasteiger partial charge in [-0.05, 0) is 48.2 Å². The molecule has 0 fully saturated rings. The highest BCUT2D eigenvalue weighted by Crippen LogP contribution is 2.31. The maximum Gasteiger partial charge on any atom is 0.266 e. The largest absolute Gasteiger partial charge is 0.497 e. The fourth-order valence-corrected chi connectivity index (χ4v) is 4.08. The molecule has 2 aromatic heterocycles. The molecular weight excluding hydrogens is 384 g/mol. The lowest BCUT2D eigenvalue weighted by atomic mass is 10.0. The number of anilines is 1. The van der Waals surface area contributed by atoms with Gasteiger partial charge in [-0.2, -0.15) is 0 Å². The predicted octanol–water partition coefficient (Wildman–Crippen LogP) is 5.01. The SMILES string of the molecule is CCn1c(NC(=O)c2cccs2)c(-c2ccc(OC)cc2)c(=O)c2ccccc21. The van der Waals surface area contributed by atoms with Gasteiger partial charge in [0.2, 0.25) is 0 Å². The minimum atomic E-state index is -0.230. The molecule has 29 heavy (non-hydrogen) atoms. The Morgan fingerprint density at radius 1 is 1.07 bits per heavy atom. The minimum Gasteiger partial charge on any atom is -0.497 e. The second-order valence-electron chi connectivity index (χ2n) is 6.47. The van der Waals surface area contributed by atoms with E-state index in [0.717, 1.165) is 11.1 Å². The van der Waals surface area contributed by atoms with E-state index in [-0.39, 0.29) is 11.3 Å². The van der Waals surface area contributed by atoms with Crippen molar-refractivity contribution >= 4 is 34.0 Å². The Kier molecular flexibility index (Phi) is 5.18. The number of fused-ring (bicyclic) bond motifs is 1. The first-order chi connectivity index (χ1) is 14.1. The van der Waals surface area contributed by atoms with E-state index in [1.54, 1.807) is 13.2 Å². The zero-order chi connectivity index (χ0) is 20.4. The average Bonchev–Trinajstić information content (AvgIpc) is 3.30. The summed E-state index contributed by atoms with van der Waals surface area (Å²) in [5.74, 6) is 0.973. The number of rotatable bonds is 5. The molecule has 0 bridgehead atoms. The Morgan fingerprint density at radius 2 is 1.83 bits per heavy atom. The fourth-order valence-electron chi connectivity index (χ4n) is 3.46. The number of aryl methyl sites for hydroxylation is 1. The van der Waals surface area contributed by atoms with Gasteiger partial charge in [0.25, 0.3) is 5.91 Å². The maximum absolute atomic E-state index is 13.4. The van der Waals surface area contributed by atoms with Gasteiger partial charge >= 0.3 is 0 Å². The van der Waals surface area contributed by atoms with Crippen molar-refractivity contribution in [2.24, 2.45) is 0 Å². The number of hydrogen-bond acceptors (Lipinski definition) is 4. The topological polar surface area (TPSA) is 60.3 Å². The van der Waals surface area contributed by atoms with E-state index in [4.69, 9.17) is 4.74 Å². The van der Waals surface area contributed by atoms with E-state index in [2.05, 4.69) is 5.32 Å². The van der Waals surface area contributed by atoms with E-state index < -0.39 is 0 Å². The van der Waals surface area contributed by atoms with Crippen LogP contribution in [0.25, 0.3) is 22.0 Å². The van der Waals surface area contributed by atoms with Crippen LogP contribution in [-0.4, -0.2) is 17.6 Å². The van der Waals surface area contributed by atoms with Crippen LogP contribution in [0.4, 0.5) is 5.82 Å². The van der Waals surface area contributed by atoms with Crippen molar-refractivity contribution in [2.45, 2.75) is 13.5 Å². The monoisotopic (exact) mass is 404 g/mol. The first kappa shape index (κ1) is 19.0. The first-order valence-electron chi connectivity index (χ1n) is 9.29. The van der Waals surface area contributed by atoms with Crippen molar-refractivity contribution in [3.8, 4) is 16.9 Å². The van der Waals surface area contributed by atoms with Crippen molar-refractivity contribution in [2.75, 3.05) is 12.4 Å². The lowest BCUT2D eigenvalue weighted by molar-refractivity contribution is 0.102. The normalized spacial score (nSPS) is 10.8. The van der Waals surface area contributed by atoms with E-state index in [1.165, 1.54) is 11.3 Å². The first-order valence-corrected chi connectivity index (χ1v) is 10.2. The Bertz CT molecular complexity index is 1230. The van der Waals surface area contributed by atoms with Gasteiger partial charge in [-0.25, -0.2) is 0 Å². The Labute approximate surface area is 172 Å². The molecule has 2 heterocycles. The number of hydrogen-bond donors (Lipinski definition) is 1. The molecule has 0 aliphatic heterocycles. The lowest BCUT2D eigenvalue weighted by Crippen LogP contribution is -2.22. The van der Waals surface area contributed by atoms with Crippen molar-refractivity contribution in [3.63, 3.8) is 0 Å². The highest BCUT2D eigenvalue weighted by Gasteiger charge is 2.20. The smallest absolute Gasteiger partial charge is 0.266 e. The van der Waals surface area contributed by atoms with Crippen molar-refractivity contribution in [1.82, 2.24) is 4.57 Å². The zero-order valence-corrected chi connectivity index (χ0v) is 17.0. The highest BCUT2D eigenvalue weighted by atomic mass is 32.1. The number of carbonyl (C=O) groups is 1. The molecule has 0 saturated carbocycles. The fraction of sp³-hybridized carbons (Fsp3) is 0.130. The van der Waals surface area contributed by atoms with Crippen LogP contribution in [0.3, 0.4) is 0 Å². The minimum absolute atomic E-state index is 0.114. The van der Waals surface area contributed by atoms with Crippen LogP contribution in [0.5, 0.6) is 5.75 Å². The molecule has 1 amide bonds. The molecule has 0 saturated heterocycles. The number of carbonyl (C=O) groups excluding carboxylic acids is 1. The van der Waals surface area contributed by atoms with Crippen molar-refractivity contribution in [1.29, 1.82) is 0 Å². The average molecular weight is 404 g/mol. The van der Waals surface area contributed by atoms with Crippen LogP contribution in [0.1, 0.15) is 16.6 Å². The van der Waals surface area contributed by atoms with Crippen molar-refractivity contribution < 1.29 is 9.53 Å². The van der Waals surface area contributed by atoms with Gasteiger partial charge in [0.1, 0.15) is 11.6 Å². The Hall–Kier alpha value is -3.38. The van der Waals surface area contributed by atoms with E-state index in [1.807, 2.05) is 71.5 Å². The summed E-state index contributed by atoms with van der Waals surface area (Å²) in [6.45, 7) is 2.60. The highest BCUT2D eigenvalue weighted by molar-refractivity contribution is 7.12. The number of amides is 1. The van der Waals surface area contributed by atoms with E-state index >= 15 is 0 Å². The standard InChI is InChI=1S/C23H20N2O3S/c1-3-25-18-8-5-4-7-17(18)21(26)20(15-10-12-16(28-2)13-11-15)22(25)24-23(27)19-9-6-14-29-19/h4-14H,3H2,1-2H3,(H,24,27). The van der Waals surface area contributed by atoms with Gasteiger partial charge in [-0.1, -0.05) is 30.3 Å². The summed E-state index contributed by atoms with van der Waals surface area (Å²) in [5.41, 5.74) is 1.87. The second kappa shape index (κ2) is 7.93. The van der Waals surface area contributed by atoms with Gasteiger partial charge < -0.3 is 14.6 Å². The van der Waals surface area contributed by atoms with E-state index in [0.29, 0.717) is 33.9 Å². The number of benzene rings is 2. The number of para-hydroxylation sites is 1. The van der Waals surface area contributed by atoms with E-state index in [9.17, 15) is 9.59 Å². The molecular formula is C23H20N2O3S. The van der Waals surface area contributed by atoms with Crippen LogP contribution in [0.15, 0.2) is 70.8 Å².